The average Bonchev–Trinajstić information content (AvgIpc) is 2.79. The first kappa shape index (κ1) is 11.7. The Kier molecular flexibility index (Phi) is 3.15. The van der Waals surface area contributed by atoms with Gasteiger partial charge in [0.2, 0.25) is 0 Å². The zero-order valence-electron chi connectivity index (χ0n) is 8.98. The van der Waals surface area contributed by atoms with Crippen LogP contribution < -0.4 is 0 Å². The van der Waals surface area contributed by atoms with Crippen LogP contribution in [0.25, 0.3) is 11.1 Å². The first-order chi connectivity index (χ1) is 8.15. The molecule has 5 heteroatoms. The molecule has 0 spiro atoms. The van der Waals surface area contributed by atoms with Crippen LogP contribution in [-0.4, -0.2) is 24.2 Å². The van der Waals surface area contributed by atoms with Gasteiger partial charge in [-0.2, -0.15) is 0 Å². The molecule has 1 unspecified atom stereocenters. The number of Topliss-reactive ketones (excluding diaryl/α,β-unsaturated/α-hetero) is 1. The van der Waals surface area contributed by atoms with E-state index >= 15 is 0 Å². The van der Waals surface area contributed by atoms with Crippen LogP contribution in [0, 0.1) is 0 Å². The lowest BCUT2D eigenvalue weighted by molar-refractivity contribution is -0.139. The predicted molar refractivity (Wildman–Crippen MR) is 61.3 cm³/mol. The van der Waals surface area contributed by atoms with Crippen molar-refractivity contribution in [2.24, 2.45) is 0 Å². The summed E-state index contributed by atoms with van der Waals surface area (Å²) in [7, 11) is 1.19. The summed E-state index contributed by atoms with van der Waals surface area (Å²) < 4.78 is 9.41. The van der Waals surface area contributed by atoms with Crippen LogP contribution in [0.15, 0.2) is 35.1 Å². The number of halogens is 1. The third kappa shape index (κ3) is 2.03. The topological polar surface area (TPSA) is 56.5 Å². The molecule has 2 aliphatic rings. The Balaban J connectivity index is 2.35. The van der Waals surface area contributed by atoms with E-state index in [-0.39, 0.29) is 0 Å². The second kappa shape index (κ2) is 4.59. The number of hydrogen-bond donors (Lipinski definition) is 0. The molecule has 0 bridgehead atoms. The van der Waals surface area contributed by atoms with Crippen molar-refractivity contribution in [1.82, 2.24) is 0 Å². The minimum absolute atomic E-state index is 0.390. The summed E-state index contributed by atoms with van der Waals surface area (Å²) in [6, 6.07) is 5.00. The molecule has 4 nitrogen and oxygen atoms in total. The van der Waals surface area contributed by atoms with Crippen LogP contribution in [0.5, 0.6) is 0 Å². The highest BCUT2D eigenvalue weighted by Gasteiger charge is 2.28. The molecule has 88 valence electrons. The molecule has 0 aromatic heterocycles. The van der Waals surface area contributed by atoms with Gasteiger partial charge in [0.15, 0.2) is 11.2 Å². The minimum Gasteiger partial charge on any atom is -0.472 e. The van der Waals surface area contributed by atoms with Crippen LogP contribution in [0.3, 0.4) is 0 Å². The molecule has 0 saturated heterocycles. The molecule has 1 aliphatic carbocycles. The number of rotatable bonds is 3. The maximum Gasteiger partial charge on any atom is 0.331 e. The lowest BCUT2D eigenvalue weighted by Gasteiger charge is -2.06. The van der Waals surface area contributed by atoms with Gasteiger partial charge >= 0.3 is 5.97 Å². The van der Waals surface area contributed by atoms with Gasteiger partial charge in [0.05, 0.1) is 19.6 Å². The monoisotopic (exact) mass is 252 g/mol. The Bertz CT molecular complexity index is 531. The van der Waals surface area contributed by atoms with Crippen LogP contribution >= 0.6 is 11.6 Å². The number of alkyl halides is 1. The van der Waals surface area contributed by atoms with Gasteiger partial charge in [0.25, 0.3) is 0 Å². The molecule has 17 heavy (non-hydrogen) atoms. The molecular weight excluding hydrogens is 244 g/mol. The number of ether oxygens (including phenoxy) is 1. The molecule has 1 heterocycles. The number of esters is 1. The number of fused-ring (bicyclic) bond motifs is 1. The lowest BCUT2D eigenvalue weighted by atomic mass is 10.0. The molecule has 0 radical (unpaired) electrons. The van der Waals surface area contributed by atoms with Crippen molar-refractivity contribution in [1.29, 1.82) is 0 Å². The Hall–Kier alpha value is -1.81. The van der Waals surface area contributed by atoms with E-state index in [1.807, 2.05) is 0 Å². The largest absolute Gasteiger partial charge is 0.472 e. The smallest absolute Gasteiger partial charge is 0.331 e. The van der Waals surface area contributed by atoms with E-state index in [1.165, 1.54) is 19.6 Å². The van der Waals surface area contributed by atoms with Gasteiger partial charge < -0.3 is 9.15 Å². The summed E-state index contributed by atoms with van der Waals surface area (Å²) in [5.74, 6) is -1.23. The van der Waals surface area contributed by atoms with Crippen LogP contribution in [0.2, 0.25) is 0 Å². The summed E-state index contributed by atoms with van der Waals surface area (Å²) in [6.07, 6.45) is 2.98. The van der Waals surface area contributed by atoms with Crippen molar-refractivity contribution in [3.8, 4) is 11.1 Å². The second-order valence-electron chi connectivity index (χ2n) is 3.42. The first-order valence-corrected chi connectivity index (χ1v) is 5.30. The highest BCUT2D eigenvalue weighted by molar-refractivity contribution is 6.44. The van der Waals surface area contributed by atoms with E-state index in [4.69, 9.17) is 16.0 Å². The zero-order valence-corrected chi connectivity index (χ0v) is 9.73. The Morgan fingerprint density at radius 2 is 2.12 bits per heavy atom. The molecule has 0 fully saturated rings. The van der Waals surface area contributed by atoms with Gasteiger partial charge in [-0.15, -0.1) is 11.6 Å². The molecular formula is C12H9ClO4. The van der Waals surface area contributed by atoms with Crippen molar-refractivity contribution in [2.45, 2.75) is 5.38 Å². The fourth-order valence-electron chi connectivity index (χ4n) is 1.58. The average molecular weight is 253 g/mol. The van der Waals surface area contributed by atoms with Crippen molar-refractivity contribution < 1.29 is 18.7 Å². The van der Waals surface area contributed by atoms with Crippen molar-refractivity contribution in [2.75, 3.05) is 7.11 Å². The van der Waals surface area contributed by atoms with E-state index in [1.54, 1.807) is 18.2 Å². The normalized spacial score (nSPS) is 12.4. The standard InChI is InChI=1S/C12H9ClO4/c1-16-12(15)10(13)11(14)9-3-2-7-6-17-5-4-8(7)9/h2-6,10H,1H3. The van der Waals surface area contributed by atoms with E-state index in [9.17, 15) is 9.59 Å². The third-order valence-corrected chi connectivity index (χ3v) is 2.82. The zero-order chi connectivity index (χ0) is 12.4. The van der Waals surface area contributed by atoms with Gasteiger partial charge in [0.1, 0.15) is 0 Å². The van der Waals surface area contributed by atoms with Gasteiger partial charge in [0, 0.05) is 11.1 Å². The second-order valence-corrected chi connectivity index (χ2v) is 3.86. The predicted octanol–water partition coefficient (Wildman–Crippen LogP) is 2.35. The van der Waals surface area contributed by atoms with Gasteiger partial charge in [-0.3, -0.25) is 4.79 Å². The van der Waals surface area contributed by atoms with Crippen molar-refractivity contribution in [3.05, 3.63) is 36.3 Å². The summed E-state index contributed by atoms with van der Waals surface area (Å²) in [6.45, 7) is 0. The minimum atomic E-state index is -1.32. The fraction of sp³-hybridized carbons (Fsp3) is 0.167. The fourth-order valence-corrected chi connectivity index (χ4v) is 1.79. The molecule has 0 saturated carbocycles. The molecule has 0 N–H and O–H groups in total. The van der Waals surface area contributed by atoms with Gasteiger partial charge in [-0.25, -0.2) is 4.79 Å². The Labute approximate surface area is 102 Å². The van der Waals surface area contributed by atoms with Crippen molar-refractivity contribution >= 4 is 23.4 Å². The Morgan fingerprint density at radius 3 is 2.82 bits per heavy atom. The number of methoxy groups -OCH3 is 1. The molecule has 2 rings (SSSR count). The number of carbonyl (C=O) groups is 2. The van der Waals surface area contributed by atoms with Gasteiger partial charge in [-0.1, -0.05) is 6.07 Å². The highest BCUT2D eigenvalue weighted by atomic mass is 35.5. The molecule has 0 aromatic rings. The summed E-state index contributed by atoms with van der Waals surface area (Å²) in [5, 5.41) is -1.32. The number of carbonyl (C=O) groups excluding carboxylic acids is 2. The third-order valence-electron chi connectivity index (χ3n) is 2.44. The van der Waals surface area contributed by atoms with E-state index in [2.05, 4.69) is 4.74 Å². The molecule has 0 amide bonds. The quantitative estimate of drug-likeness (QED) is 0.364. The van der Waals surface area contributed by atoms with E-state index < -0.39 is 17.1 Å². The van der Waals surface area contributed by atoms with Gasteiger partial charge in [-0.05, 0) is 17.7 Å². The van der Waals surface area contributed by atoms with Crippen LogP contribution in [0.1, 0.15) is 10.4 Å². The molecule has 1 atom stereocenters. The number of ketones is 1. The van der Waals surface area contributed by atoms with Crippen molar-refractivity contribution in [3.63, 3.8) is 0 Å². The van der Waals surface area contributed by atoms with Crippen LogP contribution in [0.4, 0.5) is 0 Å². The molecule has 1 aliphatic heterocycles. The van der Waals surface area contributed by atoms with E-state index in [0.29, 0.717) is 11.1 Å². The lowest BCUT2D eigenvalue weighted by Crippen LogP contribution is -2.25. The SMILES string of the molecule is COC(=O)C(Cl)C(=O)c1ccc2coccc1-2. The maximum atomic E-state index is 12.0. The summed E-state index contributed by atoms with van der Waals surface area (Å²) in [5.41, 5.74) is 1.88. The molecule has 0 aromatic carbocycles. The summed E-state index contributed by atoms with van der Waals surface area (Å²) in [4.78, 5) is 23.1. The highest BCUT2D eigenvalue weighted by Crippen LogP contribution is 2.29. The number of hydrogen-bond acceptors (Lipinski definition) is 4. The maximum absolute atomic E-state index is 12.0. The van der Waals surface area contributed by atoms with E-state index in [0.717, 1.165) is 5.56 Å². The summed E-state index contributed by atoms with van der Waals surface area (Å²) >= 11 is 5.73. The van der Waals surface area contributed by atoms with Crippen LogP contribution in [-0.2, 0) is 9.53 Å². The Morgan fingerprint density at radius 1 is 1.35 bits per heavy atom. The first-order valence-electron chi connectivity index (χ1n) is 4.86.